The zero-order valence-corrected chi connectivity index (χ0v) is 8.83. The van der Waals surface area contributed by atoms with E-state index in [1.54, 1.807) is 0 Å². The fraction of sp³-hybridized carbons (Fsp3) is 0.500. The molecular formula is C12H18FN. The molecule has 1 rings (SSSR count). The highest BCUT2D eigenvalue weighted by Gasteiger charge is 2.07. The second-order valence-corrected chi connectivity index (χ2v) is 4.07. The maximum Gasteiger partial charge on any atom is 0.123 e. The highest BCUT2D eigenvalue weighted by atomic mass is 19.1. The van der Waals surface area contributed by atoms with Crippen LogP contribution in [0.3, 0.4) is 0 Å². The fourth-order valence-electron chi connectivity index (χ4n) is 1.32. The third-order valence-electron chi connectivity index (χ3n) is 2.54. The Bertz CT molecular complexity index is 266. The van der Waals surface area contributed by atoms with Gasteiger partial charge in [-0.3, -0.25) is 0 Å². The molecule has 1 nitrogen and oxygen atoms in total. The van der Waals surface area contributed by atoms with Gasteiger partial charge in [-0.25, -0.2) is 4.39 Å². The molecule has 14 heavy (non-hydrogen) atoms. The molecule has 0 bridgehead atoms. The van der Waals surface area contributed by atoms with Gasteiger partial charge in [0.05, 0.1) is 0 Å². The van der Waals surface area contributed by atoms with Gasteiger partial charge in [0.2, 0.25) is 0 Å². The molecule has 0 saturated heterocycles. The third kappa shape index (κ3) is 3.46. The highest BCUT2D eigenvalue weighted by molar-refractivity contribution is 5.16. The van der Waals surface area contributed by atoms with Crippen molar-refractivity contribution in [3.63, 3.8) is 0 Å². The van der Waals surface area contributed by atoms with Crippen molar-refractivity contribution in [1.82, 2.24) is 0 Å². The minimum Gasteiger partial charge on any atom is -0.327 e. The van der Waals surface area contributed by atoms with Crippen LogP contribution in [0.1, 0.15) is 25.8 Å². The Labute approximate surface area is 85.1 Å². The molecule has 1 aromatic carbocycles. The maximum atomic E-state index is 12.6. The van der Waals surface area contributed by atoms with Crippen molar-refractivity contribution in [2.45, 2.75) is 32.7 Å². The van der Waals surface area contributed by atoms with Crippen LogP contribution >= 0.6 is 0 Å². The van der Waals surface area contributed by atoms with E-state index in [0.717, 1.165) is 18.4 Å². The molecule has 0 heterocycles. The summed E-state index contributed by atoms with van der Waals surface area (Å²) in [5.74, 6) is 0.331. The zero-order valence-electron chi connectivity index (χ0n) is 8.83. The number of hydrogen-bond donors (Lipinski definition) is 1. The maximum absolute atomic E-state index is 12.6. The molecule has 0 saturated carbocycles. The van der Waals surface area contributed by atoms with Gasteiger partial charge in [0, 0.05) is 6.04 Å². The molecule has 0 aliphatic carbocycles. The molecule has 1 unspecified atom stereocenters. The summed E-state index contributed by atoms with van der Waals surface area (Å²) in [6.45, 7) is 4.24. The number of hydrogen-bond acceptors (Lipinski definition) is 1. The van der Waals surface area contributed by atoms with Crippen LogP contribution < -0.4 is 5.73 Å². The summed E-state index contributed by atoms with van der Waals surface area (Å²) in [6, 6.07) is 6.87. The van der Waals surface area contributed by atoms with Gasteiger partial charge in [0.25, 0.3) is 0 Å². The van der Waals surface area contributed by atoms with E-state index in [2.05, 4.69) is 13.8 Å². The van der Waals surface area contributed by atoms with Crippen LogP contribution in [0.25, 0.3) is 0 Å². The number of rotatable bonds is 4. The molecule has 1 atom stereocenters. The molecule has 2 heteroatoms. The SMILES string of the molecule is CC(C)C(N)CCc1ccc(F)cc1. The molecule has 1 aromatic rings. The predicted molar refractivity (Wildman–Crippen MR) is 57.5 cm³/mol. The van der Waals surface area contributed by atoms with Gasteiger partial charge in [0.1, 0.15) is 5.82 Å². The summed E-state index contributed by atoms with van der Waals surface area (Å²) >= 11 is 0. The van der Waals surface area contributed by atoms with E-state index < -0.39 is 0 Å². The topological polar surface area (TPSA) is 26.0 Å². The fourth-order valence-corrected chi connectivity index (χ4v) is 1.32. The highest BCUT2D eigenvalue weighted by Crippen LogP contribution is 2.10. The average Bonchev–Trinajstić information content (AvgIpc) is 2.16. The van der Waals surface area contributed by atoms with Crippen LogP contribution in [0.4, 0.5) is 4.39 Å². The largest absolute Gasteiger partial charge is 0.327 e. The molecule has 78 valence electrons. The zero-order chi connectivity index (χ0) is 10.6. The number of benzene rings is 1. The molecular weight excluding hydrogens is 177 g/mol. The summed E-state index contributed by atoms with van der Waals surface area (Å²) in [5, 5.41) is 0. The van der Waals surface area contributed by atoms with Gasteiger partial charge in [0.15, 0.2) is 0 Å². The van der Waals surface area contributed by atoms with Gasteiger partial charge in [-0.15, -0.1) is 0 Å². The summed E-state index contributed by atoms with van der Waals surface area (Å²) in [4.78, 5) is 0. The molecule has 2 N–H and O–H groups in total. The lowest BCUT2D eigenvalue weighted by atomic mass is 9.98. The van der Waals surface area contributed by atoms with Crippen molar-refractivity contribution in [3.8, 4) is 0 Å². The Kier molecular flexibility index (Phi) is 4.08. The number of aryl methyl sites for hydroxylation is 1. The summed E-state index contributed by atoms with van der Waals surface area (Å²) < 4.78 is 12.6. The quantitative estimate of drug-likeness (QED) is 0.785. The van der Waals surface area contributed by atoms with Crippen LogP contribution in [0, 0.1) is 11.7 Å². The van der Waals surface area contributed by atoms with Crippen molar-refractivity contribution in [3.05, 3.63) is 35.6 Å². The van der Waals surface area contributed by atoms with Crippen LogP contribution in [0.5, 0.6) is 0 Å². The Morgan fingerprint density at radius 2 is 1.79 bits per heavy atom. The van der Waals surface area contributed by atoms with Gasteiger partial charge in [-0.1, -0.05) is 26.0 Å². The Morgan fingerprint density at radius 3 is 2.29 bits per heavy atom. The van der Waals surface area contributed by atoms with Gasteiger partial charge < -0.3 is 5.73 Å². The molecule has 0 radical (unpaired) electrons. The first kappa shape index (κ1) is 11.2. The second kappa shape index (κ2) is 5.11. The minimum absolute atomic E-state index is 0.179. The van der Waals surface area contributed by atoms with E-state index in [1.165, 1.54) is 12.1 Å². The van der Waals surface area contributed by atoms with Crippen LogP contribution in [-0.4, -0.2) is 6.04 Å². The summed E-state index contributed by atoms with van der Waals surface area (Å²) in [7, 11) is 0. The Balaban J connectivity index is 2.42. The molecule has 0 fully saturated rings. The molecule has 0 spiro atoms. The molecule has 0 aromatic heterocycles. The lowest BCUT2D eigenvalue weighted by Crippen LogP contribution is -2.26. The average molecular weight is 195 g/mol. The van der Waals surface area contributed by atoms with Gasteiger partial charge >= 0.3 is 0 Å². The van der Waals surface area contributed by atoms with Crippen molar-refractivity contribution in [2.75, 3.05) is 0 Å². The first-order valence-corrected chi connectivity index (χ1v) is 5.09. The van der Waals surface area contributed by atoms with Crippen molar-refractivity contribution >= 4 is 0 Å². The summed E-state index contributed by atoms with van der Waals surface area (Å²) in [5.41, 5.74) is 7.08. The number of halogens is 1. The minimum atomic E-state index is -0.179. The third-order valence-corrected chi connectivity index (χ3v) is 2.54. The van der Waals surface area contributed by atoms with Gasteiger partial charge in [-0.05, 0) is 36.5 Å². The van der Waals surface area contributed by atoms with Crippen molar-refractivity contribution in [1.29, 1.82) is 0 Å². The first-order chi connectivity index (χ1) is 6.59. The van der Waals surface area contributed by atoms with E-state index in [-0.39, 0.29) is 11.9 Å². The number of nitrogens with two attached hydrogens (primary N) is 1. The first-order valence-electron chi connectivity index (χ1n) is 5.09. The Hall–Kier alpha value is -0.890. The van der Waals surface area contributed by atoms with E-state index >= 15 is 0 Å². The summed E-state index contributed by atoms with van der Waals surface area (Å²) in [6.07, 6.45) is 1.89. The second-order valence-electron chi connectivity index (χ2n) is 4.07. The van der Waals surface area contributed by atoms with Gasteiger partial charge in [-0.2, -0.15) is 0 Å². The molecule has 0 amide bonds. The van der Waals surface area contributed by atoms with E-state index in [1.807, 2.05) is 12.1 Å². The monoisotopic (exact) mass is 195 g/mol. The van der Waals surface area contributed by atoms with Crippen molar-refractivity contribution in [2.24, 2.45) is 11.7 Å². The lowest BCUT2D eigenvalue weighted by Gasteiger charge is -2.14. The predicted octanol–water partition coefficient (Wildman–Crippen LogP) is 2.74. The van der Waals surface area contributed by atoms with Crippen LogP contribution in [-0.2, 0) is 6.42 Å². The standard InChI is InChI=1S/C12H18FN/c1-9(2)12(14)8-5-10-3-6-11(13)7-4-10/h3-4,6-7,9,12H,5,8,14H2,1-2H3. The smallest absolute Gasteiger partial charge is 0.123 e. The lowest BCUT2D eigenvalue weighted by molar-refractivity contribution is 0.464. The molecule has 0 aliphatic rings. The van der Waals surface area contributed by atoms with E-state index in [9.17, 15) is 4.39 Å². The van der Waals surface area contributed by atoms with E-state index in [0.29, 0.717) is 5.92 Å². The van der Waals surface area contributed by atoms with E-state index in [4.69, 9.17) is 5.73 Å². The Morgan fingerprint density at radius 1 is 1.21 bits per heavy atom. The normalized spacial score (nSPS) is 13.2. The van der Waals surface area contributed by atoms with Crippen LogP contribution in [0.2, 0.25) is 0 Å². The molecule has 0 aliphatic heterocycles. The van der Waals surface area contributed by atoms with Crippen molar-refractivity contribution < 1.29 is 4.39 Å². The van der Waals surface area contributed by atoms with Crippen LogP contribution in [0.15, 0.2) is 24.3 Å².